The van der Waals surface area contributed by atoms with Gasteiger partial charge in [0.2, 0.25) is 5.88 Å². The molecular formula is C20H18N3O2. The van der Waals surface area contributed by atoms with E-state index in [0.29, 0.717) is 18.2 Å². The molecule has 0 bridgehead atoms. The zero-order valence-electron chi connectivity index (χ0n) is 14.4. The van der Waals surface area contributed by atoms with Crippen molar-refractivity contribution in [3.05, 3.63) is 53.2 Å². The topological polar surface area (TPSA) is 69.7 Å². The number of rotatable bonds is 0. The molecule has 0 fully saturated rings. The fraction of sp³-hybridized carbons (Fsp3) is 0.300. The molecule has 2 aliphatic rings. The first-order valence-corrected chi connectivity index (χ1v) is 8.08. The maximum absolute atomic E-state index is 5.95. The molecule has 0 saturated heterocycles. The third-order valence-electron chi connectivity index (χ3n) is 4.08. The Morgan fingerprint density at radius 3 is 2.88 bits per heavy atom. The molecule has 2 N–H and O–H groups in total. The molecule has 2 aromatic rings. The van der Waals surface area contributed by atoms with Crippen LogP contribution in [0.2, 0.25) is 0 Å². The van der Waals surface area contributed by atoms with Crippen molar-refractivity contribution in [2.45, 2.75) is 26.3 Å². The molecule has 0 aliphatic carbocycles. The molecule has 1 atom stereocenters. The van der Waals surface area contributed by atoms with Gasteiger partial charge in [-0.15, -0.1) is 0 Å². The number of nitrogens with two attached hydrogens (primary N) is 1. The number of amidine groups is 1. The van der Waals surface area contributed by atoms with Crippen LogP contribution in [-0.4, -0.2) is 17.6 Å². The van der Waals surface area contributed by atoms with E-state index in [0.717, 1.165) is 16.7 Å². The fourth-order valence-corrected chi connectivity index (χ4v) is 2.94. The molecular weight excluding hydrogens is 314 g/mol. The minimum absolute atomic E-state index is 0.0926. The predicted molar refractivity (Wildman–Crippen MR) is 94.3 cm³/mol. The van der Waals surface area contributed by atoms with Crippen LogP contribution in [-0.2, 0) is 10.3 Å². The number of aromatic nitrogens is 1. The Hall–Kier alpha value is -3.00. The third kappa shape index (κ3) is 2.60. The van der Waals surface area contributed by atoms with E-state index in [-0.39, 0.29) is 11.4 Å². The Morgan fingerprint density at radius 2 is 2.16 bits per heavy atom. The van der Waals surface area contributed by atoms with Crippen molar-refractivity contribution in [2.24, 2.45) is 16.1 Å². The van der Waals surface area contributed by atoms with Crippen LogP contribution in [0.5, 0.6) is 11.6 Å². The molecule has 0 amide bonds. The van der Waals surface area contributed by atoms with Crippen molar-refractivity contribution >= 4 is 6.02 Å². The summed E-state index contributed by atoms with van der Waals surface area (Å²) in [6.45, 7) is 6.51. The molecule has 1 spiro atoms. The van der Waals surface area contributed by atoms with Crippen LogP contribution in [0.25, 0.3) is 0 Å². The van der Waals surface area contributed by atoms with Crippen LogP contribution in [0.4, 0.5) is 0 Å². The van der Waals surface area contributed by atoms with Gasteiger partial charge in [-0.3, -0.25) is 0 Å². The van der Waals surface area contributed by atoms with Gasteiger partial charge >= 0.3 is 0 Å². The second kappa shape index (κ2) is 5.25. The van der Waals surface area contributed by atoms with Crippen LogP contribution in [0.15, 0.2) is 35.5 Å². The third-order valence-corrected chi connectivity index (χ3v) is 4.08. The van der Waals surface area contributed by atoms with Crippen LogP contribution in [0.3, 0.4) is 0 Å². The first kappa shape index (κ1) is 15.5. The van der Waals surface area contributed by atoms with Crippen LogP contribution in [0, 0.1) is 23.3 Å². The Bertz CT molecular complexity index is 947. The molecule has 2 aliphatic heterocycles. The SMILES string of the molecule is CC(C)(C)C#Cc1cnc2c(c1)C1(COC(N)=N1)c1c[c]ccc1O2. The summed E-state index contributed by atoms with van der Waals surface area (Å²) < 4.78 is 11.5. The van der Waals surface area contributed by atoms with Crippen molar-refractivity contribution in [2.75, 3.05) is 6.61 Å². The highest BCUT2D eigenvalue weighted by atomic mass is 16.5. The van der Waals surface area contributed by atoms with Gasteiger partial charge in [0.05, 0.1) is 5.56 Å². The summed E-state index contributed by atoms with van der Waals surface area (Å²) in [6.07, 6.45) is 1.72. The average molecular weight is 332 g/mol. The summed E-state index contributed by atoms with van der Waals surface area (Å²) in [5.41, 5.74) is 7.46. The van der Waals surface area contributed by atoms with Gasteiger partial charge in [-0.05, 0) is 45.0 Å². The maximum atomic E-state index is 5.95. The number of hydrogen-bond donors (Lipinski definition) is 1. The van der Waals surface area contributed by atoms with E-state index < -0.39 is 5.54 Å². The van der Waals surface area contributed by atoms with Crippen molar-refractivity contribution in [1.29, 1.82) is 0 Å². The molecule has 25 heavy (non-hydrogen) atoms. The minimum atomic E-state index is -0.767. The first-order valence-electron chi connectivity index (χ1n) is 8.08. The van der Waals surface area contributed by atoms with Gasteiger partial charge in [0, 0.05) is 22.7 Å². The first-order chi connectivity index (χ1) is 11.9. The Balaban J connectivity index is 1.90. The molecule has 125 valence electrons. The number of pyridine rings is 1. The Kier molecular flexibility index (Phi) is 3.26. The Labute approximate surface area is 146 Å². The summed E-state index contributed by atoms with van der Waals surface area (Å²) in [5.74, 6) is 7.59. The van der Waals surface area contributed by atoms with Crippen molar-refractivity contribution in [1.82, 2.24) is 4.98 Å². The summed E-state index contributed by atoms with van der Waals surface area (Å²) in [6, 6.07) is 10.7. The summed E-state index contributed by atoms with van der Waals surface area (Å²) in [7, 11) is 0. The summed E-state index contributed by atoms with van der Waals surface area (Å²) in [5, 5.41) is 0. The van der Waals surface area contributed by atoms with E-state index >= 15 is 0 Å². The smallest absolute Gasteiger partial charge is 0.283 e. The number of benzene rings is 1. The van der Waals surface area contributed by atoms with Gasteiger partial charge in [0.15, 0.2) is 5.54 Å². The zero-order chi connectivity index (χ0) is 17.7. The predicted octanol–water partition coefficient (Wildman–Crippen LogP) is 2.97. The zero-order valence-corrected chi connectivity index (χ0v) is 14.4. The van der Waals surface area contributed by atoms with Crippen LogP contribution in [0.1, 0.15) is 37.5 Å². The van der Waals surface area contributed by atoms with E-state index in [1.54, 1.807) is 12.3 Å². The molecule has 1 aromatic heterocycles. The lowest BCUT2D eigenvalue weighted by molar-refractivity contribution is 0.262. The molecule has 1 unspecified atom stereocenters. The molecule has 1 aromatic carbocycles. The normalized spacial score (nSPS) is 20.5. The number of ether oxygens (including phenoxy) is 2. The van der Waals surface area contributed by atoms with Crippen LogP contribution < -0.4 is 10.5 Å². The second-order valence-electron chi connectivity index (χ2n) is 7.20. The highest BCUT2D eigenvalue weighted by molar-refractivity contribution is 5.76. The summed E-state index contributed by atoms with van der Waals surface area (Å²) >= 11 is 0. The number of aliphatic imine (C=N–C) groups is 1. The molecule has 0 saturated carbocycles. The highest BCUT2D eigenvalue weighted by Crippen LogP contribution is 2.49. The van der Waals surface area contributed by atoms with Gasteiger partial charge in [-0.2, -0.15) is 0 Å². The lowest BCUT2D eigenvalue weighted by atomic mass is 9.82. The monoisotopic (exact) mass is 332 g/mol. The largest absolute Gasteiger partial charge is 0.462 e. The molecule has 5 heteroatoms. The van der Waals surface area contributed by atoms with Gasteiger partial charge in [-0.1, -0.05) is 17.9 Å². The Morgan fingerprint density at radius 1 is 1.32 bits per heavy atom. The van der Waals surface area contributed by atoms with Gasteiger partial charge in [0.25, 0.3) is 6.02 Å². The van der Waals surface area contributed by atoms with E-state index in [9.17, 15) is 0 Å². The number of hydrogen-bond acceptors (Lipinski definition) is 5. The fourth-order valence-electron chi connectivity index (χ4n) is 2.94. The lowest BCUT2D eigenvalue weighted by Crippen LogP contribution is -2.31. The standard InChI is InChI=1S/C20H18N3O2/c1-19(2,3)9-8-13-10-15-17(22-11-13)25-16-7-5-4-6-14(16)20(15)12-24-18(21)23-20/h5-7,10-11H,12H2,1-3H3,(H2,21,23). The molecule has 5 nitrogen and oxygen atoms in total. The summed E-state index contributed by atoms with van der Waals surface area (Å²) in [4.78, 5) is 9.06. The molecule has 1 radical (unpaired) electrons. The maximum Gasteiger partial charge on any atom is 0.283 e. The lowest BCUT2D eigenvalue weighted by Gasteiger charge is -2.32. The van der Waals surface area contributed by atoms with Crippen molar-refractivity contribution < 1.29 is 9.47 Å². The number of nitrogens with zero attached hydrogens (tertiary/aromatic N) is 2. The van der Waals surface area contributed by atoms with E-state index in [1.807, 2.05) is 18.2 Å². The molecule has 4 rings (SSSR count). The van der Waals surface area contributed by atoms with Gasteiger partial charge in [-0.25, -0.2) is 9.98 Å². The quantitative estimate of drug-likeness (QED) is 0.753. The average Bonchev–Trinajstić information content (AvgIpc) is 2.96. The van der Waals surface area contributed by atoms with E-state index in [4.69, 9.17) is 15.2 Å². The van der Waals surface area contributed by atoms with Crippen molar-refractivity contribution in [3.63, 3.8) is 0 Å². The van der Waals surface area contributed by atoms with Crippen molar-refractivity contribution in [3.8, 4) is 23.5 Å². The van der Waals surface area contributed by atoms with E-state index in [1.165, 1.54) is 0 Å². The molecule has 3 heterocycles. The second-order valence-corrected chi connectivity index (χ2v) is 7.20. The van der Waals surface area contributed by atoms with Gasteiger partial charge in [0.1, 0.15) is 12.4 Å². The highest BCUT2D eigenvalue weighted by Gasteiger charge is 2.47. The number of fused-ring (bicyclic) bond motifs is 4. The van der Waals surface area contributed by atoms with E-state index in [2.05, 4.69) is 48.7 Å². The van der Waals surface area contributed by atoms with Gasteiger partial charge < -0.3 is 15.2 Å². The minimum Gasteiger partial charge on any atom is -0.462 e. The van der Waals surface area contributed by atoms with Crippen LogP contribution >= 0.6 is 0 Å².